The lowest BCUT2D eigenvalue weighted by Crippen LogP contribution is -2.38. The summed E-state index contributed by atoms with van der Waals surface area (Å²) in [6.45, 7) is 6.12. The van der Waals surface area contributed by atoms with Crippen molar-refractivity contribution in [1.29, 1.82) is 0 Å². The molecule has 1 aliphatic rings. The van der Waals surface area contributed by atoms with Gasteiger partial charge in [0.2, 0.25) is 0 Å². The molecule has 1 heterocycles. The van der Waals surface area contributed by atoms with Crippen LogP contribution in [0.5, 0.6) is 0 Å². The molecule has 1 atom stereocenters. The Morgan fingerprint density at radius 3 is 2.57 bits per heavy atom. The highest BCUT2D eigenvalue weighted by atomic mass is 127. The first-order chi connectivity index (χ1) is 9.70. The van der Waals surface area contributed by atoms with Crippen molar-refractivity contribution in [2.75, 3.05) is 20.1 Å². The topological polar surface area (TPSA) is 29.5 Å². The molecule has 2 rings (SSSR count). The molecular formula is C15H18I3NO2. The van der Waals surface area contributed by atoms with E-state index in [4.69, 9.17) is 4.74 Å². The predicted molar refractivity (Wildman–Crippen MR) is 110 cm³/mol. The molecule has 116 valence electrons. The number of hydrogen-bond acceptors (Lipinski definition) is 3. The van der Waals surface area contributed by atoms with E-state index in [0.717, 1.165) is 30.2 Å². The van der Waals surface area contributed by atoms with Crippen molar-refractivity contribution in [2.45, 2.75) is 25.9 Å². The fraction of sp³-hybridized carbons (Fsp3) is 0.533. The second-order valence-electron chi connectivity index (χ2n) is 5.99. The number of likely N-dealkylation sites (tertiary alicyclic amines) is 1. The van der Waals surface area contributed by atoms with Crippen LogP contribution in [-0.4, -0.2) is 36.6 Å². The van der Waals surface area contributed by atoms with Gasteiger partial charge in [-0.05, 0) is 114 Å². The Morgan fingerprint density at radius 1 is 1.33 bits per heavy atom. The van der Waals surface area contributed by atoms with E-state index in [2.05, 4.69) is 85.8 Å². The first-order valence-corrected chi connectivity index (χ1v) is 10.0. The average Bonchev–Trinajstić information content (AvgIpc) is 2.80. The van der Waals surface area contributed by atoms with Crippen LogP contribution in [0.4, 0.5) is 0 Å². The van der Waals surface area contributed by atoms with Crippen LogP contribution in [0.1, 0.15) is 30.6 Å². The highest BCUT2D eigenvalue weighted by Crippen LogP contribution is 2.31. The third-order valence-electron chi connectivity index (χ3n) is 3.94. The van der Waals surface area contributed by atoms with Crippen LogP contribution < -0.4 is 0 Å². The molecule has 0 spiro atoms. The first-order valence-electron chi connectivity index (χ1n) is 6.77. The summed E-state index contributed by atoms with van der Waals surface area (Å²) in [5.41, 5.74) is 0.240. The van der Waals surface area contributed by atoms with Gasteiger partial charge in [-0.25, -0.2) is 4.79 Å². The van der Waals surface area contributed by atoms with Crippen LogP contribution in [0, 0.1) is 16.6 Å². The summed E-state index contributed by atoms with van der Waals surface area (Å²) < 4.78 is 8.99. The number of nitrogens with zero attached hydrogens (tertiary/aromatic N) is 1. The van der Waals surface area contributed by atoms with Crippen molar-refractivity contribution >= 4 is 73.7 Å². The minimum Gasteiger partial charge on any atom is -0.456 e. The summed E-state index contributed by atoms with van der Waals surface area (Å²) in [6.07, 6.45) is 1.08. The van der Waals surface area contributed by atoms with Gasteiger partial charge in [-0.3, -0.25) is 0 Å². The van der Waals surface area contributed by atoms with Gasteiger partial charge in [-0.15, -0.1) is 0 Å². The fourth-order valence-electron chi connectivity index (χ4n) is 2.58. The number of benzene rings is 1. The summed E-state index contributed by atoms with van der Waals surface area (Å²) in [5, 5.41) is 0. The summed E-state index contributed by atoms with van der Waals surface area (Å²) in [4.78, 5) is 14.9. The standard InChI is InChI=1S/C15H18I3NO2/c1-15(2,9-4-5-19(3)8-9)21-14(20)11-6-10(16)7-12(17)13(11)18/h6-7,9H,4-5,8H2,1-3H3. The van der Waals surface area contributed by atoms with Crippen molar-refractivity contribution in [2.24, 2.45) is 5.92 Å². The minimum atomic E-state index is -0.433. The van der Waals surface area contributed by atoms with Gasteiger partial charge in [-0.1, -0.05) is 0 Å². The molecule has 0 radical (unpaired) electrons. The van der Waals surface area contributed by atoms with E-state index < -0.39 is 5.60 Å². The number of halogens is 3. The molecule has 21 heavy (non-hydrogen) atoms. The zero-order chi connectivity index (χ0) is 15.8. The normalized spacial score (nSPS) is 19.8. The van der Waals surface area contributed by atoms with Crippen LogP contribution in [0.2, 0.25) is 0 Å². The zero-order valence-electron chi connectivity index (χ0n) is 12.3. The van der Waals surface area contributed by atoms with Gasteiger partial charge in [0, 0.05) is 23.2 Å². The summed E-state index contributed by atoms with van der Waals surface area (Å²) in [7, 11) is 2.11. The van der Waals surface area contributed by atoms with Crippen LogP contribution >= 0.6 is 67.8 Å². The monoisotopic (exact) mass is 625 g/mol. The van der Waals surface area contributed by atoms with Gasteiger partial charge in [0.25, 0.3) is 0 Å². The maximum atomic E-state index is 12.6. The fourth-order valence-corrected chi connectivity index (χ4v) is 4.96. The number of esters is 1. The third-order valence-corrected chi connectivity index (χ3v) is 7.61. The maximum Gasteiger partial charge on any atom is 0.339 e. The molecule has 1 fully saturated rings. The molecule has 6 heteroatoms. The SMILES string of the molecule is CN1CCC(C(C)(C)OC(=O)c2cc(I)cc(I)c2I)C1. The second kappa shape index (κ2) is 7.16. The number of rotatable bonds is 3. The smallest absolute Gasteiger partial charge is 0.339 e. The lowest BCUT2D eigenvalue weighted by molar-refractivity contribution is -0.0274. The summed E-state index contributed by atoms with van der Waals surface area (Å²) >= 11 is 6.72. The van der Waals surface area contributed by atoms with E-state index >= 15 is 0 Å². The quantitative estimate of drug-likeness (QED) is 0.284. The van der Waals surface area contributed by atoms with Crippen molar-refractivity contribution in [3.63, 3.8) is 0 Å². The molecule has 1 aromatic rings. The maximum absolute atomic E-state index is 12.6. The Hall–Kier alpha value is 0.840. The number of hydrogen-bond donors (Lipinski definition) is 0. The van der Waals surface area contributed by atoms with Gasteiger partial charge in [0.05, 0.1) is 5.56 Å². The van der Waals surface area contributed by atoms with Gasteiger partial charge < -0.3 is 9.64 Å². The molecule has 0 aromatic heterocycles. The van der Waals surface area contributed by atoms with E-state index in [0.29, 0.717) is 11.5 Å². The molecule has 0 bridgehead atoms. The zero-order valence-corrected chi connectivity index (χ0v) is 18.7. The van der Waals surface area contributed by atoms with E-state index in [1.165, 1.54) is 0 Å². The molecular weight excluding hydrogens is 607 g/mol. The first kappa shape index (κ1) is 18.2. The lowest BCUT2D eigenvalue weighted by atomic mass is 9.90. The molecule has 0 amide bonds. The van der Waals surface area contributed by atoms with Crippen LogP contribution in [0.25, 0.3) is 0 Å². The van der Waals surface area contributed by atoms with Crippen LogP contribution in [0.3, 0.4) is 0 Å². The second-order valence-corrected chi connectivity index (χ2v) is 9.48. The molecule has 1 unspecified atom stereocenters. The van der Waals surface area contributed by atoms with Crippen molar-refractivity contribution in [3.8, 4) is 0 Å². The van der Waals surface area contributed by atoms with Gasteiger partial charge in [0.1, 0.15) is 5.60 Å². The van der Waals surface area contributed by atoms with Crippen LogP contribution in [0.15, 0.2) is 12.1 Å². The van der Waals surface area contributed by atoms with Gasteiger partial charge in [-0.2, -0.15) is 0 Å². The van der Waals surface area contributed by atoms with Crippen LogP contribution in [-0.2, 0) is 4.74 Å². The average molecular weight is 625 g/mol. The van der Waals surface area contributed by atoms with Crippen molar-refractivity contribution in [3.05, 3.63) is 28.4 Å². The Morgan fingerprint density at radius 2 is 2.00 bits per heavy atom. The molecule has 3 nitrogen and oxygen atoms in total. The lowest BCUT2D eigenvalue weighted by Gasteiger charge is -2.31. The molecule has 1 aromatic carbocycles. The Bertz CT molecular complexity index is 560. The van der Waals surface area contributed by atoms with Crippen molar-refractivity contribution < 1.29 is 9.53 Å². The molecule has 1 saturated heterocycles. The Balaban J connectivity index is 2.18. The molecule has 1 aliphatic heterocycles. The predicted octanol–water partition coefficient (Wildman–Crippen LogP) is 4.39. The highest BCUT2D eigenvalue weighted by molar-refractivity contribution is 14.1. The van der Waals surface area contributed by atoms with E-state index in [-0.39, 0.29) is 5.97 Å². The number of carbonyl (C=O) groups is 1. The summed E-state index contributed by atoms with van der Waals surface area (Å²) in [6, 6.07) is 3.97. The largest absolute Gasteiger partial charge is 0.456 e. The molecule has 0 aliphatic carbocycles. The number of carbonyl (C=O) groups excluding carboxylic acids is 1. The molecule has 0 saturated carbocycles. The summed E-state index contributed by atoms with van der Waals surface area (Å²) in [5.74, 6) is 0.182. The minimum absolute atomic E-state index is 0.213. The number of ether oxygens (including phenoxy) is 1. The van der Waals surface area contributed by atoms with E-state index in [9.17, 15) is 4.79 Å². The molecule has 0 N–H and O–H groups in total. The van der Waals surface area contributed by atoms with Gasteiger partial charge in [0.15, 0.2) is 0 Å². The van der Waals surface area contributed by atoms with Crippen molar-refractivity contribution in [1.82, 2.24) is 4.90 Å². The third kappa shape index (κ3) is 4.43. The van der Waals surface area contributed by atoms with Gasteiger partial charge >= 0.3 is 5.97 Å². The van der Waals surface area contributed by atoms with E-state index in [1.54, 1.807) is 0 Å². The Labute approximate surface area is 167 Å². The van der Waals surface area contributed by atoms with E-state index in [1.807, 2.05) is 19.9 Å². The highest BCUT2D eigenvalue weighted by Gasteiger charge is 2.37. The Kier molecular flexibility index (Phi) is 6.20.